The maximum Gasteiger partial charge on any atom is 0.280 e. The van der Waals surface area contributed by atoms with Crippen molar-refractivity contribution >= 4 is 21.2 Å². The number of aryl methyl sites for hydroxylation is 1. The first-order valence-electron chi connectivity index (χ1n) is 7.67. The molecule has 8 heteroatoms. The second-order valence-corrected chi connectivity index (χ2v) is 7.73. The fourth-order valence-electron chi connectivity index (χ4n) is 2.93. The molecule has 2 atom stereocenters. The van der Waals surface area contributed by atoms with Gasteiger partial charge in [0.1, 0.15) is 5.82 Å². The number of rotatable bonds is 4. The van der Waals surface area contributed by atoms with Crippen LogP contribution in [0.4, 0.5) is 0 Å². The number of ether oxygens (including phenoxy) is 1. The van der Waals surface area contributed by atoms with Gasteiger partial charge in [0.05, 0.1) is 29.8 Å². The SMILES string of the molecule is CC1CN(S(=O)(=O)NCc2nc3ccccc3n2C)CC(C)O1. The van der Waals surface area contributed by atoms with E-state index in [1.165, 1.54) is 4.31 Å². The smallest absolute Gasteiger partial charge is 0.280 e. The minimum absolute atomic E-state index is 0.105. The highest BCUT2D eigenvalue weighted by Gasteiger charge is 2.30. The Morgan fingerprint density at radius 1 is 1.26 bits per heavy atom. The number of fused-ring (bicyclic) bond motifs is 1. The van der Waals surface area contributed by atoms with Crippen molar-refractivity contribution in [3.8, 4) is 0 Å². The minimum Gasteiger partial charge on any atom is -0.373 e. The van der Waals surface area contributed by atoms with Gasteiger partial charge in [-0.05, 0) is 26.0 Å². The molecule has 1 N–H and O–H groups in total. The summed E-state index contributed by atoms with van der Waals surface area (Å²) in [7, 11) is -1.66. The number of nitrogens with one attached hydrogen (secondary N) is 1. The van der Waals surface area contributed by atoms with Crippen LogP contribution in [-0.4, -0.2) is 47.6 Å². The summed E-state index contributed by atoms with van der Waals surface area (Å²) in [6.07, 6.45) is -0.211. The maximum absolute atomic E-state index is 12.5. The molecule has 1 aromatic carbocycles. The van der Waals surface area contributed by atoms with Crippen molar-refractivity contribution in [2.24, 2.45) is 7.05 Å². The van der Waals surface area contributed by atoms with Gasteiger partial charge in [0.2, 0.25) is 0 Å². The Labute approximate surface area is 136 Å². The van der Waals surface area contributed by atoms with Crippen LogP contribution in [0.2, 0.25) is 0 Å². The number of morpholine rings is 1. The molecule has 2 unspecified atom stereocenters. The van der Waals surface area contributed by atoms with E-state index in [4.69, 9.17) is 4.74 Å². The number of aromatic nitrogens is 2. The van der Waals surface area contributed by atoms with E-state index < -0.39 is 10.2 Å². The number of imidazole rings is 1. The van der Waals surface area contributed by atoms with Crippen LogP contribution in [0.25, 0.3) is 11.0 Å². The largest absolute Gasteiger partial charge is 0.373 e. The summed E-state index contributed by atoms with van der Waals surface area (Å²) in [4.78, 5) is 4.48. The molecule has 2 heterocycles. The summed E-state index contributed by atoms with van der Waals surface area (Å²) < 4.78 is 36.6. The Bertz CT molecular complexity index is 792. The van der Waals surface area contributed by atoms with Crippen LogP contribution in [0.15, 0.2) is 24.3 Å². The number of para-hydroxylation sites is 2. The van der Waals surface area contributed by atoms with Crippen LogP contribution in [0.3, 0.4) is 0 Å². The number of hydrogen-bond acceptors (Lipinski definition) is 4. The summed E-state index contributed by atoms with van der Waals surface area (Å²) in [5.74, 6) is 0.684. The van der Waals surface area contributed by atoms with Crippen molar-refractivity contribution < 1.29 is 13.2 Å². The van der Waals surface area contributed by atoms with E-state index in [2.05, 4.69) is 9.71 Å². The van der Waals surface area contributed by atoms with Crippen LogP contribution in [0.5, 0.6) is 0 Å². The highest BCUT2D eigenvalue weighted by Crippen LogP contribution is 2.16. The summed E-state index contributed by atoms with van der Waals surface area (Å²) >= 11 is 0. The first kappa shape index (κ1) is 16.4. The predicted octanol–water partition coefficient (Wildman–Crippen LogP) is 1.02. The summed E-state index contributed by atoms with van der Waals surface area (Å²) in [5, 5.41) is 0. The zero-order valence-electron chi connectivity index (χ0n) is 13.6. The molecule has 1 aromatic heterocycles. The number of benzene rings is 1. The van der Waals surface area contributed by atoms with Gasteiger partial charge in [0.15, 0.2) is 0 Å². The second kappa shape index (κ2) is 6.20. The fraction of sp³-hybridized carbons (Fsp3) is 0.533. The lowest BCUT2D eigenvalue weighted by Crippen LogP contribution is -2.51. The van der Waals surface area contributed by atoms with Crippen molar-refractivity contribution in [3.63, 3.8) is 0 Å². The van der Waals surface area contributed by atoms with Crippen molar-refractivity contribution in [2.45, 2.75) is 32.6 Å². The highest BCUT2D eigenvalue weighted by molar-refractivity contribution is 7.87. The minimum atomic E-state index is -3.55. The highest BCUT2D eigenvalue weighted by atomic mass is 32.2. The van der Waals surface area contributed by atoms with Crippen LogP contribution >= 0.6 is 0 Å². The third kappa shape index (κ3) is 3.40. The summed E-state index contributed by atoms with van der Waals surface area (Å²) in [6.45, 7) is 4.64. The van der Waals surface area contributed by atoms with Gasteiger partial charge in [-0.1, -0.05) is 12.1 Å². The lowest BCUT2D eigenvalue weighted by molar-refractivity contribution is -0.0444. The van der Waals surface area contributed by atoms with Gasteiger partial charge < -0.3 is 9.30 Å². The van der Waals surface area contributed by atoms with Gasteiger partial charge >= 0.3 is 0 Å². The number of hydrogen-bond donors (Lipinski definition) is 1. The molecule has 2 aromatic rings. The first-order valence-corrected chi connectivity index (χ1v) is 9.11. The van der Waals surface area contributed by atoms with Crippen LogP contribution in [-0.2, 0) is 28.5 Å². The lowest BCUT2D eigenvalue weighted by Gasteiger charge is -2.34. The zero-order valence-corrected chi connectivity index (χ0v) is 14.4. The fourth-order valence-corrected chi connectivity index (χ4v) is 4.23. The first-order chi connectivity index (χ1) is 10.9. The molecule has 0 radical (unpaired) electrons. The lowest BCUT2D eigenvalue weighted by atomic mass is 10.3. The van der Waals surface area contributed by atoms with Crippen LogP contribution in [0.1, 0.15) is 19.7 Å². The maximum atomic E-state index is 12.5. The Morgan fingerprint density at radius 3 is 2.57 bits per heavy atom. The van der Waals surface area contributed by atoms with Crippen molar-refractivity contribution in [2.75, 3.05) is 13.1 Å². The Hall–Kier alpha value is -1.48. The molecule has 0 spiro atoms. The third-order valence-electron chi connectivity index (χ3n) is 4.02. The molecule has 0 aliphatic carbocycles. The van der Waals surface area contributed by atoms with E-state index in [-0.39, 0.29) is 18.8 Å². The molecule has 0 amide bonds. The van der Waals surface area contributed by atoms with E-state index >= 15 is 0 Å². The second-order valence-electron chi connectivity index (χ2n) is 5.98. The molecule has 7 nitrogen and oxygen atoms in total. The summed E-state index contributed by atoms with van der Waals surface area (Å²) in [6, 6.07) is 7.73. The molecule has 1 aliphatic heterocycles. The van der Waals surface area contributed by atoms with E-state index in [1.807, 2.05) is 49.7 Å². The average molecular weight is 338 g/mol. The van der Waals surface area contributed by atoms with Gasteiger partial charge in [0, 0.05) is 20.1 Å². The van der Waals surface area contributed by atoms with Crippen molar-refractivity contribution in [3.05, 3.63) is 30.1 Å². The Balaban J connectivity index is 1.74. The van der Waals surface area contributed by atoms with Gasteiger partial charge in [-0.3, -0.25) is 0 Å². The molecule has 1 aliphatic rings. The van der Waals surface area contributed by atoms with Crippen molar-refractivity contribution in [1.82, 2.24) is 18.6 Å². The average Bonchev–Trinajstić information content (AvgIpc) is 2.81. The predicted molar refractivity (Wildman–Crippen MR) is 88.1 cm³/mol. The van der Waals surface area contributed by atoms with Gasteiger partial charge in [0.25, 0.3) is 10.2 Å². The Morgan fingerprint density at radius 2 is 1.91 bits per heavy atom. The monoisotopic (exact) mass is 338 g/mol. The molecular formula is C15H22N4O3S. The topological polar surface area (TPSA) is 76.5 Å². The van der Waals surface area contributed by atoms with E-state index in [9.17, 15) is 8.42 Å². The van der Waals surface area contributed by atoms with E-state index in [0.29, 0.717) is 18.9 Å². The molecule has 0 bridgehead atoms. The molecule has 1 fully saturated rings. The molecule has 126 valence electrons. The normalized spacial score (nSPS) is 23.4. The third-order valence-corrected chi connectivity index (χ3v) is 5.51. The van der Waals surface area contributed by atoms with Gasteiger partial charge in [-0.15, -0.1) is 0 Å². The molecule has 23 heavy (non-hydrogen) atoms. The Kier molecular flexibility index (Phi) is 4.41. The van der Waals surface area contributed by atoms with Crippen LogP contribution < -0.4 is 4.72 Å². The van der Waals surface area contributed by atoms with E-state index in [0.717, 1.165) is 11.0 Å². The standard InChI is InChI=1S/C15H22N4O3S/c1-11-9-19(10-12(2)22-11)23(20,21)16-8-15-17-13-6-4-5-7-14(13)18(15)3/h4-7,11-12,16H,8-10H2,1-3H3. The quantitative estimate of drug-likeness (QED) is 0.903. The van der Waals surface area contributed by atoms with E-state index in [1.54, 1.807) is 0 Å². The van der Waals surface area contributed by atoms with Gasteiger partial charge in [-0.25, -0.2) is 4.98 Å². The van der Waals surface area contributed by atoms with Gasteiger partial charge in [-0.2, -0.15) is 17.4 Å². The zero-order chi connectivity index (χ0) is 16.6. The molecule has 1 saturated heterocycles. The molecule has 3 rings (SSSR count). The number of nitrogens with zero attached hydrogens (tertiary/aromatic N) is 3. The van der Waals surface area contributed by atoms with Crippen molar-refractivity contribution in [1.29, 1.82) is 0 Å². The molecular weight excluding hydrogens is 316 g/mol. The molecule has 0 saturated carbocycles. The summed E-state index contributed by atoms with van der Waals surface area (Å²) in [5.41, 5.74) is 1.84. The van der Waals surface area contributed by atoms with Crippen LogP contribution in [0, 0.1) is 0 Å².